The fourth-order valence-electron chi connectivity index (χ4n) is 2.29. The average Bonchev–Trinajstić information content (AvgIpc) is 2.49. The summed E-state index contributed by atoms with van der Waals surface area (Å²) in [6.45, 7) is 3.26. The summed E-state index contributed by atoms with van der Waals surface area (Å²) in [5, 5.41) is 0. The highest BCUT2D eigenvalue weighted by Crippen LogP contribution is 2.15. The maximum Gasteiger partial charge on any atom is 0.118 e. The molecule has 0 bridgehead atoms. The van der Waals surface area contributed by atoms with Gasteiger partial charge in [0.15, 0.2) is 0 Å². The zero-order chi connectivity index (χ0) is 14.4. The van der Waals surface area contributed by atoms with Crippen molar-refractivity contribution in [2.75, 3.05) is 14.2 Å². The first-order chi connectivity index (χ1) is 9.69. The number of benzene rings is 2. The van der Waals surface area contributed by atoms with Crippen molar-refractivity contribution in [2.24, 2.45) is 0 Å². The molecule has 0 aliphatic carbocycles. The van der Waals surface area contributed by atoms with Gasteiger partial charge in [0, 0.05) is 12.6 Å². The fourth-order valence-corrected chi connectivity index (χ4v) is 2.29. The minimum absolute atomic E-state index is 0.503. The summed E-state index contributed by atoms with van der Waals surface area (Å²) in [6, 6.07) is 19.4. The second kappa shape index (κ2) is 7.11. The van der Waals surface area contributed by atoms with Gasteiger partial charge in [-0.15, -0.1) is 0 Å². The molecule has 2 nitrogen and oxygen atoms in total. The van der Waals surface area contributed by atoms with E-state index in [1.165, 1.54) is 11.1 Å². The Kier molecular flexibility index (Phi) is 5.19. The third-order valence-electron chi connectivity index (χ3n) is 3.72. The Balaban J connectivity index is 1.91. The summed E-state index contributed by atoms with van der Waals surface area (Å²) < 4.78 is 5.19. The number of hydrogen-bond acceptors (Lipinski definition) is 2. The molecule has 20 heavy (non-hydrogen) atoms. The topological polar surface area (TPSA) is 12.5 Å². The van der Waals surface area contributed by atoms with E-state index in [0.29, 0.717) is 6.04 Å². The molecule has 0 spiro atoms. The van der Waals surface area contributed by atoms with E-state index in [-0.39, 0.29) is 0 Å². The van der Waals surface area contributed by atoms with Crippen LogP contribution < -0.4 is 4.74 Å². The summed E-state index contributed by atoms with van der Waals surface area (Å²) in [5.74, 6) is 0.916. The lowest BCUT2D eigenvalue weighted by Crippen LogP contribution is -2.30. The summed E-state index contributed by atoms with van der Waals surface area (Å²) in [4.78, 5) is 2.39. The van der Waals surface area contributed by atoms with Gasteiger partial charge in [0.05, 0.1) is 7.11 Å². The SMILES string of the molecule is COc1ccc(CC(C)N(C)Cc2ccccc2)cc1. The van der Waals surface area contributed by atoms with Gasteiger partial charge in [-0.2, -0.15) is 0 Å². The van der Waals surface area contributed by atoms with E-state index in [1.54, 1.807) is 7.11 Å². The molecule has 1 atom stereocenters. The Hall–Kier alpha value is -1.80. The third-order valence-corrected chi connectivity index (χ3v) is 3.72. The third kappa shape index (κ3) is 4.10. The second-order valence-electron chi connectivity index (χ2n) is 5.30. The van der Waals surface area contributed by atoms with Gasteiger partial charge >= 0.3 is 0 Å². The fraction of sp³-hybridized carbons (Fsp3) is 0.333. The predicted molar refractivity (Wildman–Crippen MR) is 84.1 cm³/mol. The van der Waals surface area contributed by atoms with E-state index in [2.05, 4.69) is 61.3 Å². The van der Waals surface area contributed by atoms with Crippen molar-refractivity contribution in [3.63, 3.8) is 0 Å². The number of ether oxygens (including phenoxy) is 1. The molecule has 0 aromatic heterocycles. The zero-order valence-electron chi connectivity index (χ0n) is 12.5. The van der Waals surface area contributed by atoms with Crippen LogP contribution in [0.25, 0.3) is 0 Å². The number of nitrogens with zero attached hydrogens (tertiary/aromatic N) is 1. The standard InChI is InChI=1S/C18H23NO/c1-15(13-16-9-11-18(20-3)12-10-16)19(2)14-17-7-5-4-6-8-17/h4-12,15H,13-14H2,1-3H3. The van der Waals surface area contributed by atoms with Gasteiger partial charge in [0.2, 0.25) is 0 Å². The van der Waals surface area contributed by atoms with Gasteiger partial charge in [-0.3, -0.25) is 4.90 Å². The van der Waals surface area contributed by atoms with Crippen LogP contribution in [0.15, 0.2) is 54.6 Å². The van der Waals surface area contributed by atoms with Crippen LogP contribution in [0.5, 0.6) is 5.75 Å². The van der Waals surface area contributed by atoms with Crippen molar-refractivity contribution in [1.29, 1.82) is 0 Å². The van der Waals surface area contributed by atoms with E-state index in [9.17, 15) is 0 Å². The molecule has 2 aromatic carbocycles. The van der Waals surface area contributed by atoms with Gasteiger partial charge in [-0.1, -0.05) is 42.5 Å². The minimum Gasteiger partial charge on any atom is -0.497 e. The van der Waals surface area contributed by atoms with Crippen molar-refractivity contribution in [3.05, 3.63) is 65.7 Å². The molecule has 1 unspecified atom stereocenters. The molecule has 0 saturated heterocycles. The molecule has 2 rings (SSSR count). The molecular formula is C18H23NO. The lowest BCUT2D eigenvalue weighted by molar-refractivity contribution is 0.248. The molecular weight excluding hydrogens is 246 g/mol. The second-order valence-corrected chi connectivity index (χ2v) is 5.30. The molecule has 0 radical (unpaired) electrons. The molecule has 0 N–H and O–H groups in total. The van der Waals surface area contributed by atoms with Crippen LogP contribution in [0.4, 0.5) is 0 Å². The van der Waals surface area contributed by atoms with Gasteiger partial charge < -0.3 is 4.74 Å². The quantitative estimate of drug-likeness (QED) is 0.791. The molecule has 106 valence electrons. The minimum atomic E-state index is 0.503. The Labute approximate surface area is 122 Å². The first kappa shape index (κ1) is 14.6. The molecule has 0 heterocycles. The van der Waals surface area contributed by atoms with Crippen molar-refractivity contribution < 1.29 is 4.74 Å². The Morgan fingerprint density at radius 3 is 2.20 bits per heavy atom. The monoisotopic (exact) mass is 269 g/mol. The lowest BCUT2D eigenvalue weighted by Gasteiger charge is -2.25. The molecule has 0 aliphatic rings. The maximum atomic E-state index is 5.19. The Bertz CT molecular complexity index is 507. The maximum absolute atomic E-state index is 5.19. The van der Waals surface area contributed by atoms with Crippen LogP contribution in [-0.4, -0.2) is 25.1 Å². The summed E-state index contributed by atoms with van der Waals surface area (Å²) in [5.41, 5.74) is 2.70. The first-order valence-corrected chi connectivity index (χ1v) is 7.06. The number of methoxy groups -OCH3 is 1. The zero-order valence-corrected chi connectivity index (χ0v) is 12.5. The van der Waals surface area contributed by atoms with Gasteiger partial charge in [0.1, 0.15) is 5.75 Å². The van der Waals surface area contributed by atoms with Crippen molar-refractivity contribution in [1.82, 2.24) is 4.90 Å². The molecule has 0 amide bonds. The summed E-state index contributed by atoms with van der Waals surface area (Å²) in [7, 11) is 3.88. The van der Waals surface area contributed by atoms with Crippen LogP contribution in [-0.2, 0) is 13.0 Å². The van der Waals surface area contributed by atoms with E-state index in [1.807, 2.05) is 12.1 Å². The van der Waals surface area contributed by atoms with Crippen molar-refractivity contribution in [2.45, 2.75) is 25.9 Å². The van der Waals surface area contributed by atoms with Crippen molar-refractivity contribution in [3.8, 4) is 5.75 Å². The van der Waals surface area contributed by atoms with Gasteiger partial charge in [0.25, 0.3) is 0 Å². The highest BCUT2D eigenvalue weighted by molar-refractivity contribution is 5.27. The highest BCUT2D eigenvalue weighted by atomic mass is 16.5. The molecule has 0 aliphatic heterocycles. The van der Waals surface area contributed by atoms with Crippen LogP contribution in [0.3, 0.4) is 0 Å². The van der Waals surface area contributed by atoms with E-state index in [0.717, 1.165) is 18.7 Å². The number of rotatable bonds is 6. The van der Waals surface area contributed by atoms with Crippen LogP contribution >= 0.6 is 0 Å². The van der Waals surface area contributed by atoms with Crippen LogP contribution in [0, 0.1) is 0 Å². The Morgan fingerprint density at radius 2 is 1.60 bits per heavy atom. The molecule has 2 aromatic rings. The first-order valence-electron chi connectivity index (χ1n) is 7.06. The van der Waals surface area contributed by atoms with Crippen molar-refractivity contribution >= 4 is 0 Å². The number of likely N-dealkylation sites (N-methyl/N-ethyl adjacent to an activating group) is 1. The summed E-state index contributed by atoms with van der Waals surface area (Å²) >= 11 is 0. The lowest BCUT2D eigenvalue weighted by atomic mass is 10.1. The van der Waals surface area contributed by atoms with E-state index in [4.69, 9.17) is 4.74 Å². The smallest absolute Gasteiger partial charge is 0.118 e. The van der Waals surface area contributed by atoms with Crippen LogP contribution in [0.2, 0.25) is 0 Å². The highest BCUT2D eigenvalue weighted by Gasteiger charge is 2.10. The number of hydrogen-bond donors (Lipinski definition) is 0. The molecule has 2 heteroatoms. The van der Waals surface area contributed by atoms with E-state index >= 15 is 0 Å². The largest absolute Gasteiger partial charge is 0.497 e. The Morgan fingerprint density at radius 1 is 0.950 bits per heavy atom. The average molecular weight is 269 g/mol. The molecule has 0 fully saturated rings. The normalized spacial score (nSPS) is 12.4. The van der Waals surface area contributed by atoms with Gasteiger partial charge in [-0.25, -0.2) is 0 Å². The van der Waals surface area contributed by atoms with Gasteiger partial charge in [-0.05, 0) is 43.7 Å². The van der Waals surface area contributed by atoms with Crippen LogP contribution in [0.1, 0.15) is 18.1 Å². The molecule has 0 saturated carbocycles. The van der Waals surface area contributed by atoms with E-state index < -0.39 is 0 Å². The summed E-state index contributed by atoms with van der Waals surface area (Å²) in [6.07, 6.45) is 1.05. The predicted octanol–water partition coefficient (Wildman–Crippen LogP) is 3.76.